The lowest BCUT2D eigenvalue weighted by molar-refractivity contribution is -0.119. The van der Waals surface area contributed by atoms with Crippen LogP contribution >= 0.6 is 0 Å². The zero-order chi connectivity index (χ0) is 12.4. The molecule has 0 aliphatic heterocycles. The lowest BCUT2D eigenvalue weighted by Gasteiger charge is -2.09. The molecule has 2 rings (SSSR count). The molecule has 0 saturated heterocycles. The monoisotopic (exact) mass is 234 g/mol. The molecule has 2 aromatic rings. The quantitative estimate of drug-likeness (QED) is 0.854. The minimum atomic E-state index is -0.495. The van der Waals surface area contributed by atoms with E-state index in [9.17, 15) is 9.59 Å². The first kappa shape index (κ1) is 11.4. The highest BCUT2D eigenvalue weighted by atomic mass is 16.4. The first-order chi connectivity index (χ1) is 8.10. The second-order valence-electron chi connectivity index (χ2n) is 4.02. The molecule has 0 spiro atoms. The van der Waals surface area contributed by atoms with Crippen LogP contribution in [0, 0.1) is 5.92 Å². The van der Waals surface area contributed by atoms with Crippen LogP contribution in [0.3, 0.4) is 0 Å². The van der Waals surface area contributed by atoms with Crippen LogP contribution in [-0.4, -0.2) is 10.9 Å². The van der Waals surface area contributed by atoms with Gasteiger partial charge in [0.1, 0.15) is 0 Å². The fourth-order valence-electron chi connectivity index (χ4n) is 1.48. The van der Waals surface area contributed by atoms with E-state index in [1.54, 1.807) is 18.2 Å². The Hall–Kier alpha value is -2.04. The molecule has 0 fully saturated rings. The lowest BCUT2D eigenvalue weighted by Crippen LogP contribution is -2.19. The van der Waals surface area contributed by atoms with Crippen LogP contribution in [-0.2, 0) is 4.79 Å². The number of carbonyl (C=O) groups is 1. The van der Waals surface area contributed by atoms with Gasteiger partial charge in [0.25, 0.3) is 0 Å². The summed E-state index contributed by atoms with van der Waals surface area (Å²) in [4.78, 5) is 25.2. The predicted octanol–water partition coefficient (Wildman–Crippen LogP) is 2.11. The van der Waals surface area contributed by atoms with Crippen LogP contribution in [0.4, 0.5) is 5.69 Å². The first-order valence-electron chi connectivity index (χ1n) is 5.54. The Balaban J connectivity index is 2.24. The number of rotatable bonds is 3. The van der Waals surface area contributed by atoms with E-state index in [0.29, 0.717) is 16.8 Å². The van der Waals surface area contributed by atoms with Gasteiger partial charge >= 0.3 is 5.76 Å². The van der Waals surface area contributed by atoms with E-state index in [0.717, 1.165) is 6.42 Å². The molecule has 5 nitrogen and oxygen atoms in total. The van der Waals surface area contributed by atoms with Crippen molar-refractivity contribution in [1.29, 1.82) is 0 Å². The van der Waals surface area contributed by atoms with Crippen LogP contribution < -0.4 is 11.1 Å². The number of carbonyl (C=O) groups excluding carboxylic acids is 1. The van der Waals surface area contributed by atoms with Gasteiger partial charge in [-0.3, -0.25) is 9.78 Å². The molecule has 0 radical (unpaired) electrons. The summed E-state index contributed by atoms with van der Waals surface area (Å²) >= 11 is 0. The average molecular weight is 234 g/mol. The summed E-state index contributed by atoms with van der Waals surface area (Å²) in [7, 11) is 0. The van der Waals surface area contributed by atoms with Crippen molar-refractivity contribution >= 4 is 22.7 Å². The summed E-state index contributed by atoms with van der Waals surface area (Å²) in [6.07, 6.45) is 0.788. The van der Waals surface area contributed by atoms with Gasteiger partial charge in [-0.05, 0) is 24.6 Å². The maximum atomic E-state index is 11.7. The van der Waals surface area contributed by atoms with Crippen molar-refractivity contribution in [2.24, 2.45) is 5.92 Å². The number of nitrogens with one attached hydrogen (secondary N) is 2. The third kappa shape index (κ3) is 2.38. The zero-order valence-corrected chi connectivity index (χ0v) is 9.74. The minimum absolute atomic E-state index is 0.0299. The standard InChI is InChI=1S/C12H14N2O3/c1-3-7(2)11(15)13-8-4-5-10-9(6-8)14-12(16)17-10/h4-7H,3H2,1-2H3,(H,13,15)(H,14,16)/t7-/m0/s1. The molecule has 2 N–H and O–H groups in total. The molecule has 1 amide bonds. The summed E-state index contributed by atoms with van der Waals surface area (Å²) in [6, 6.07) is 5.04. The molecule has 1 atom stereocenters. The number of anilines is 1. The lowest BCUT2D eigenvalue weighted by atomic mass is 10.1. The summed E-state index contributed by atoms with van der Waals surface area (Å²) in [5, 5.41) is 2.79. The van der Waals surface area contributed by atoms with E-state index in [1.165, 1.54) is 0 Å². The molecule has 1 heterocycles. The number of fused-ring (bicyclic) bond motifs is 1. The molecule has 0 saturated carbocycles. The van der Waals surface area contributed by atoms with E-state index in [1.807, 2.05) is 13.8 Å². The van der Waals surface area contributed by atoms with Crippen molar-refractivity contribution in [2.75, 3.05) is 5.32 Å². The molecule has 17 heavy (non-hydrogen) atoms. The zero-order valence-electron chi connectivity index (χ0n) is 9.74. The van der Waals surface area contributed by atoms with Gasteiger partial charge in [-0.25, -0.2) is 4.79 Å². The largest absolute Gasteiger partial charge is 0.417 e. The average Bonchev–Trinajstić information content (AvgIpc) is 2.67. The number of benzene rings is 1. The predicted molar refractivity (Wildman–Crippen MR) is 64.9 cm³/mol. The Labute approximate surface area is 97.8 Å². The molecular weight excluding hydrogens is 220 g/mol. The highest BCUT2D eigenvalue weighted by Gasteiger charge is 2.11. The fourth-order valence-corrected chi connectivity index (χ4v) is 1.48. The van der Waals surface area contributed by atoms with Crippen LogP contribution in [0.5, 0.6) is 0 Å². The molecule has 0 aliphatic carbocycles. The second kappa shape index (κ2) is 4.45. The SMILES string of the molecule is CC[C@H](C)C(=O)Nc1ccc2oc(=O)[nH]c2c1. The van der Waals surface area contributed by atoms with Crippen molar-refractivity contribution in [3.8, 4) is 0 Å². The van der Waals surface area contributed by atoms with Gasteiger partial charge in [-0.15, -0.1) is 0 Å². The van der Waals surface area contributed by atoms with E-state index in [2.05, 4.69) is 10.3 Å². The Morgan fingerprint density at radius 1 is 1.53 bits per heavy atom. The number of hydrogen-bond donors (Lipinski definition) is 2. The van der Waals surface area contributed by atoms with Crippen LogP contribution in [0.2, 0.25) is 0 Å². The molecule has 5 heteroatoms. The van der Waals surface area contributed by atoms with Gasteiger partial charge < -0.3 is 9.73 Å². The highest BCUT2D eigenvalue weighted by molar-refractivity contribution is 5.94. The van der Waals surface area contributed by atoms with Crippen molar-refractivity contribution < 1.29 is 9.21 Å². The van der Waals surface area contributed by atoms with Crippen LogP contribution in [0.15, 0.2) is 27.4 Å². The Bertz CT molecular complexity index is 597. The van der Waals surface area contributed by atoms with E-state index in [-0.39, 0.29) is 11.8 Å². The Morgan fingerprint density at radius 3 is 3.00 bits per heavy atom. The van der Waals surface area contributed by atoms with Gasteiger partial charge in [0, 0.05) is 11.6 Å². The number of oxazole rings is 1. The van der Waals surface area contributed by atoms with Gasteiger partial charge in [0.05, 0.1) is 5.52 Å². The Kier molecular flexibility index (Phi) is 2.99. The third-order valence-corrected chi connectivity index (χ3v) is 2.75. The van der Waals surface area contributed by atoms with Crippen LogP contribution in [0.25, 0.3) is 11.1 Å². The van der Waals surface area contributed by atoms with Crippen LogP contribution in [0.1, 0.15) is 20.3 Å². The molecule has 90 valence electrons. The summed E-state index contributed by atoms with van der Waals surface area (Å²) < 4.78 is 4.87. The van der Waals surface area contributed by atoms with Crippen molar-refractivity contribution in [2.45, 2.75) is 20.3 Å². The highest BCUT2D eigenvalue weighted by Crippen LogP contribution is 2.17. The molecule has 0 bridgehead atoms. The molecule has 1 aromatic carbocycles. The fraction of sp³-hybridized carbons (Fsp3) is 0.333. The number of hydrogen-bond acceptors (Lipinski definition) is 3. The summed E-state index contributed by atoms with van der Waals surface area (Å²) in [6.45, 7) is 3.83. The van der Waals surface area contributed by atoms with Crippen molar-refractivity contribution in [1.82, 2.24) is 4.98 Å². The third-order valence-electron chi connectivity index (χ3n) is 2.75. The normalized spacial score (nSPS) is 12.6. The molecule has 1 aromatic heterocycles. The topological polar surface area (TPSA) is 75.1 Å². The molecule has 0 unspecified atom stereocenters. The van der Waals surface area contributed by atoms with E-state index >= 15 is 0 Å². The molecular formula is C12H14N2O3. The summed E-state index contributed by atoms with van der Waals surface area (Å²) in [5.41, 5.74) is 1.72. The maximum Gasteiger partial charge on any atom is 0.417 e. The van der Waals surface area contributed by atoms with Gasteiger partial charge in [0.15, 0.2) is 5.58 Å². The van der Waals surface area contributed by atoms with Crippen molar-refractivity contribution in [3.63, 3.8) is 0 Å². The van der Waals surface area contributed by atoms with E-state index in [4.69, 9.17) is 4.42 Å². The maximum absolute atomic E-state index is 11.7. The Morgan fingerprint density at radius 2 is 2.29 bits per heavy atom. The number of aromatic amines is 1. The van der Waals surface area contributed by atoms with Gasteiger partial charge in [-0.2, -0.15) is 0 Å². The van der Waals surface area contributed by atoms with Gasteiger partial charge in [-0.1, -0.05) is 13.8 Å². The number of amides is 1. The molecule has 0 aliphatic rings. The van der Waals surface area contributed by atoms with Gasteiger partial charge in [0.2, 0.25) is 5.91 Å². The smallest absolute Gasteiger partial charge is 0.408 e. The summed E-state index contributed by atoms with van der Waals surface area (Å²) in [5.74, 6) is -0.558. The van der Waals surface area contributed by atoms with Crippen molar-refractivity contribution in [3.05, 3.63) is 28.7 Å². The number of aromatic nitrogens is 1. The minimum Gasteiger partial charge on any atom is -0.408 e. The van der Waals surface area contributed by atoms with E-state index < -0.39 is 5.76 Å². The second-order valence-corrected chi connectivity index (χ2v) is 4.02. The number of H-pyrrole nitrogens is 1. The first-order valence-corrected chi connectivity index (χ1v) is 5.54.